The number of alkyl halides is 6. The first-order chi connectivity index (χ1) is 17.1. The summed E-state index contributed by atoms with van der Waals surface area (Å²) in [7, 11) is -1.49. The van der Waals surface area contributed by atoms with Crippen LogP contribution in [0, 0.1) is 5.82 Å². The average molecular weight is 552 g/mol. The molecule has 0 saturated heterocycles. The minimum atomic E-state index is -5.10. The van der Waals surface area contributed by atoms with Crippen molar-refractivity contribution in [1.82, 2.24) is 10.2 Å². The molecule has 0 aliphatic rings. The predicted molar refractivity (Wildman–Crippen MR) is 115 cm³/mol. The van der Waals surface area contributed by atoms with Gasteiger partial charge in [-0.15, -0.1) is 23.4 Å². The number of carbonyl (C=O) groups excluding carboxylic acids is 1. The van der Waals surface area contributed by atoms with Crippen molar-refractivity contribution in [2.75, 3.05) is 18.6 Å². The molecule has 1 unspecified atom stereocenters. The van der Waals surface area contributed by atoms with E-state index in [0.717, 1.165) is 0 Å². The number of anilines is 1. The summed E-state index contributed by atoms with van der Waals surface area (Å²) in [5, 5.41) is 8.42. The zero-order chi connectivity index (χ0) is 27.6. The van der Waals surface area contributed by atoms with Gasteiger partial charge in [0.05, 0.1) is 9.73 Å². The molecule has 1 aromatic heterocycles. The van der Waals surface area contributed by atoms with Crippen LogP contribution in [0.15, 0.2) is 57.8 Å². The molecule has 198 valence electrons. The largest absolute Gasteiger partial charge is 0.573 e. The molecule has 1 amide bonds. The third-order valence-electron chi connectivity index (χ3n) is 4.52. The number of hydrogen-bond donors (Lipinski definition) is 1. The Morgan fingerprint density at radius 2 is 1.73 bits per heavy atom. The van der Waals surface area contributed by atoms with E-state index in [1.165, 1.54) is 37.6 Å². The third-order valence-corrected chi connectivity index (χ3v) is 6.34. The minimum Gasteiger partial charge on any atom is -0.434 e. The summed E-state index contributed by atoms with van der Waals surface area (Å²) < 4.78 is 116. The van der Waals surface area contributed by atoms with Gasteiger partial charge < -0.3 is 14.8 Å². The van der Waals surface area contributed by atoms with E-state index < -0.39 is 62.6 Å². The molecule has 0 radical (unpaired) electrons. The van der Waals surface area contributed by atoms with E-state index >= 15 is 0 Å². The SMILES string of the molecule is CN=S(C)(=O)c1cccc(NC(=O)c2cc(C(F)(F)F)nnc2Oc2ccc(OC(F)(F)F)cc2F)c1. The second kappa shape index (κ2) is 10.2. The van der Waals surface area contributed by atoms with Crippen LogP contribution >= 0.6 is 0 Å². The highest BCUT2D eigenvalue weighted by Gasteiger charge is 2.35. The fourth-order valence-electron chi connectivity index (χ4n) is 2.74. The van der Waals surface area contributed by atoms with Crippen molar-refractivity contribution < 1.29 is 49.2 Å². The summed E-state index contributed by atoms with van der Waals surface area (Å²) in [4.78, 5) is 13.1. The summed E-state index contributed by atoms with van der Waals surface area (Å²) in [6.45, 7) is 0. The summed E-state index contributed by atoms with van der Waals surface area (Å²) in [6, 6.07) is 7.49. The molecule has 0 aliphatic heterocycles. The average Bonchev–Trinajstić information content (AvgIpc) is 2.79. The third kappa shape index (κ3) is 7.05. The molecule has 2 aromatic carbocycles. The molecule has 3 rings (SSSR count). The van der Waals surface area contributed by atoms with E-state index in [9.17, 15) is 39.7 Å². The predicted octanol–water partition coefficient (Wildman–Crippen LogP) is 5.66. The first-order valence-electron chi connectivity index (χ1n) is 9.79. The Kier molecular flexibility index (Phi) is 7.62. The molecule has 0 bridgehead atoms. The summed E-state index contributed by atoms with van der Waals surface area (Å²) >= 11 is 0. The second-order valence-corrected chi connectivity index (χ2v) is 9.60. The van der Waals surface area contributed by atoms with E-state index in [-0.39, 0.29) is 10.6 Å². The molecule has 1 heterocycles. The maximum Gasteiger partial charge on any atom is 0.573 e. The molecular weight excluding hydrogens is 537 g/mol. The zero-order valence-corrected chi connectivity index (χ0v) is 19.5. The Balaban J connectivity index is 1.98. The molecule has 0 spiro atoms. The molecule has 8 nitrogen and oxygen atoms in total. The standard InChI is InChI=1S/C21H15F7N4O4S/c1-29-37(2,34)13-5-3-4-11(8-13)30-18(33)14-10-17(20(23,24)25)31-32-19(14)35-16-7-6-12(9-15(16)22)36-21(26,27)28/h3-10H,1-2H3,(H,30,33). The van der Waals surface area contributed by atoms with Gasteiger partial charge in [-0.25, -0.2) is 13.0 Å². The van der Waals surface area contributed by atoms with Gasteiger partial charge in [-0.05, 0) is 36.4 Å². The van der Waals surface area contributed by atoms with E-state index in [4.69, 9.17) is 4.74 Å². The summed E-state index contributed by atoms with van der Waals surface area (Å²) in [5.41, 5.74) is -2.38. The van der Waals surface area contributed by atoms with Gasteiger partial charge in [0, 0.05) is 30.0 Å². The van der Waals surface area contributed by atoms with Crippen LogP contribution in [-0.2, 0) is 15.9 Å². The number of ether oxygens (including phenoxy) is 2. The van der Waals surface area contributed by atoms with E-state index in [2.05, 4.69) is 24.6 Å². The smallest absolute Gasteiger partial charge is 0.434 e. The highest BCUT2D eigenvalue weighted by Crippen LogP contribution is 2.34. The van der Waals surface area contributed by atoms with Crippen molar-refractivity contribution in [1.29, 1.82) is 0 Å². The molecule has 0 fully saturated rings. The van der Waals surface area contributed by atoms with Crippen molar-refractivity contribution >= 4 is 21.3 Å². The van der Waals surface area contributed by atoms with Crippen molar-refractivity contribution in [2.45, 2.75) is 17.4 Å². The quantitative estimate of drug-likeness (QED) is 0.396. The van der Waals surface area contributed by atoms with Crippen LogP contribution in [0.5, 0.6) is 17.4 Å². The fraction of sp³-hybridized carbons (Fsp3) is 0.190. The maximum absolute atomic E-state index is 14.3. The number of nitrogens with one attached hydrogen (secondary N) is 1. The van der Waals surface area contributed by atoms with Gasteiger partial charge in [-0.3, -0.25) is 4.79 Å². The Morgan fingerprint density at radius 3 is 2.32 bits per heavy atom. The summed E-state index contributed by atoms with van der Waals surface area (Å²) in [5.74, 6) is -5.19. The number of carbonyl (C=O) groups is 1. The van der Waals surface area contributed by atoms with E-state index in [0.29, 0.717) is 24.3 Å². The monoisotopic (exact) mass is 552 g/mol. The topological polar surface area (TPSA) is 103 Å². The number of rotatable bonds is 6. The van der Waals surface area contributed by atoms with Crippen LogP contribution in [0.25, 0.3) is 0 Å². The van der Waals surface area contributed by atoms with E-state index in [1.807, 2.05) is 0 Å². The highest BCUT2D eigenvalue weighted by molar-refractivity contribution is 7.93. The van der Waals surface area contributed by atoms with Gasteiger partial charge in [0.15, 0.2) is 17.3 Å². The van der Waals surface area contributed by atoms with Gasteiger partial charge in [0.1, 0.15) is 11.3 Å². The molecule has 0 saturated carbocycles. The van der Waals surface area contributed by atoms with Crippen LogP contribution in [0.2, 0.25) is 0 Å². The number of benzene rings is 2. The number of nitrogens with zero attached hydrogens (tertiary/aromatic N) is 3. The van der Waals surface area contributed by atoms with Crippen molar-refractivity contribution in [3.05, 3.63) is 65.6 Å². The van der Waals surface area contributed by atoms with Gasteiger partial charge in [-0.1, -0.05) is 6.07 Å². The minimum absolute atomic E-state index is 0.0249. The number of hydrogen-bond acceptors (Lipinski definition) is 7. The fourth-order valence-corrected chi connectivity index (χ4v) is 3.62. The Hall–Kier alpha value is -3.95. The number of amides is 1. The van der Waals surface area contributed by atoms with Gasteiger partial charge in [0.2, 0.25) is 0 Å². The van der Waals surface area contributed by atoms with Crippen molar-refractivity contribution in [3.8, 4) is 17.4 Å². The summed E-state index contributed by atoms with van der Waals surface area (Å²) in [6.07, 6.45) is -8.78. The molecule has 37 heavy (non-hydrogen) atoms. The maximum atomic E-state index is 14.3. The first-order valence-corrected chi connectivity index (χ1v) is 11.7. The highest BCUT2D eigenvalue weighted by atomic mass is 32.2. The van der Waals surface area contributed by atoms with Crippen LogP contribution in [0.1, 0.15) is 16.1 Å². The Morgan fingerprint density at radius 1 is 1.03 bits per heavy atom. The first kappa shape index (κ1) is 27.6. The van der Waals surface area contributed by atoms with Gasteiger partial charge in [0.25, 0.3) is 11.8 Å². The number of halogens is 7. The normalized spacial score (nSPS) is 13.4. The van der Waals surface area contributed by atoms with Crippen molar-refractivity contribution in [3.63, 3.8) is 0 Å². The van der Waals surface area contributed by atoms with Crippen molar-refractivity contribution in [2.24, 2.45) is 4.36 Å². The zero-order valence-electron chi connectivity index (χ0n) is 18.6. The molecule has 3 aromatic rings. The molecule has 0 aliphatic carbocycles. The lowest BCUT2D eigenvalue weighted by atomic mass is 10.2. The lowest BCUT2D eigenvalue weighted by molar-refractivity contribution is -0.274. The number of aromatic nitrogens is 2. The van der Waals surface area contributed by atoms with Gasteiger partial charge >= 0.3 is 12.5 Å². The second-order valence-electron chi connectivity index (χ2n) is 7.16. The molecular formula is C21H15F7N4O4S. The Bertz CT molecular complexity index is 1450. The van der Waals surface area contributed by atoms with Crippen LogP contribution in [0.3, 0.4) is 0 Å². The van der Waals surface area contributed by atoms with Crippen LogP contribution in [0.4, 0.5) is 36.4 Å². The van der Waals surface area contributed by atoms with Gasteiger partial charge in [-0.2, -0.15) is 13.2 Å². The van der Waals surface area contributed by atoms with Crippen LogP contribution in [-0.4, -0.2) is 40.0 Å². The lowest BCUT2D eigenvalue weighted by Crippen LogP contribution is -2.18. The van der Waals surface area contributed by atoms with E-state index in [1.54, 1.807) is 0 Å². The Labute approximate surface area is 204 Å². The molecule has 1 N–H and O–H groups in total. The molecule has 16 heteroatoms. The molecule has 1 atom stereocenters. The van der Waals surface area contributed by atoms with Crippen LogP contribution < -0.4 is 14.8 Å². The lowest BCUT2D eigenvalue weighted by Gasteiger charge is -2.14.